The Kier molecular flexibility index (Phi) is 5.00. The molecule has 6 nitrogen and oxygen atoms in total. The number of para-hydroxylation sites is 1. The summed E-state index contributed by atoms with van der Waals surface area (Å²) < 4.78 is 23.8. The van der Waals surface area contributed by atoms with Gasteiger partial charge in [-0.15, -0.1) is 0 Å². The molecular weight excluding hydrogens is 372 g/mol. The van der Waals surface area contributed by atoms with Gasteiger partial charge in [-0.1, -0.05) is 48.5 Å². The Morgan fingerprint density at radius 3 is 2.32 bits per heavy atom. The zero-order valence-electron chi connectivity index (χ0n) is 15.6. The van der Waals surface area contributed by atoms with Gasteiger partial charge in [0.2, 0.25) is 5.95 Å². The van der Waals surface area contributed by atoms with Crippen LogP contribution < -0.4 is 10.2 Å². The van der Waals surface area contributed by atoms with Gasteiger partial charge >= 0.3 is 0 Å². The van der Waals surface area contributed by atoms with E-state index < -0.39 is 9.84 Å². The molecule has 7 heteroatoms. The minimum atomic E-state index is -2.98. The molecule has 0 spiro atoms. The minimum Gasteiger partial charge on any atom is -0.340 e. The van der Waals surface area contributed by atoms with E-state index in [1.165, 1.54) is 0 Å². The summed E-state index contributed by atoms with van der Waals surface area (Å²) in [7, 11) is -1.12. The Morgan fingerprint density at radius 1 is 1.00 bits per heavy atom. The standard InChI is InChI=1S/C21H22N4O2S/c1-25(18-12-13-28(26,27)15-18)21-23-19(16-8-4-2-5-9-16)14-20(24-21)22-17-10-6-3-7-11-17/h2-11,14,18H,12-13,15H2,1H3,(H,22,23,24). The average Bonchev–Trinajstić information content (AvgIpc) is 3.08. The number of nitrogens with one attached hydrogen (secondary N) is 1. The van der Waals surface area contributed by atoms with Gasteiger partial charge in [0.05, 0.1) is 17.2 Å². The van der Waals surface area contributed by atoms with Crippen LogP contribution in [0.2, 0.25) is 0 Å². The number of benzene rings is 2. The van der Waals surface area contributed by atoms with Gasteiger partial charge in [-0.3, -0.25) is 0 Å². The summed E-state index contributed by atoms with van der Waals surface area (Å²) in [6.07, 6.45) is 0.596. The second-order valence-corrected chi connectivity index (χ2v) is 9.19. The minimum absolute atomic E-state index is 0.111. The highest BCUT2D eigenvalue weighted by molar-refractivity contribution is 7.91. The molecule has 1 saturated heterocycles. The molecule has 0 radical (unpaired) electrons. The van der Waals surface area contributed by atoms with Gasteiger partial charge in [-0.25, -0.2) is 13.4 Å². The first-order chi connectivity index (χ1) is 13.5. The van der Waals surface area contributed by atoms with E-state index in [0.717, 1.165) is 16.9 Å². The third-order valence-electron chi connectivity index (χ3n) is 4.90. The van der Waals surface area contributed by atoms with E-state index in [0.29, 0.717) is 18.2 Å². The zero-order chi connectivity index (χ0) is 19.6. The highest BCUT2D eigenvalue weighted by Crippen LogP contribution is 2.27. The van der Waals surface area contributed by atoms with Crippen molar-refractivity contribution < 1.29 is 8.42 Å². The number of rotatable bonds is 5. The molecule has 4 rings (SSSR count). The number of nitrogens with zero attached hydrogens (tertiary/aromatic N) is 3. The monoisotopic (exact) mass is 394 g/mol. The predicted octanol–water partition coefficient (Wildman–Crippen LogP) is 3.51. The first-order valence-corrected chi connectivity index (χ1v) is 11.0. The van der Waals surface area contributed by atoms with Crippen LogP contribution in [-0.2, 0) is 9.84 Å². The molecule has 2 heterocycles. The number of hydrogen-bond donors (Lipinski definition) is 1. The third kappa shape index (κ3) is 4.14. The first-order valence-electron chi connectivity index (χ1n) is 9.20. The van der Waals surface area contributed by atoms with E-state index in [2.05, 4.69) is 10.3 Å². The van der Waals surface area contributed by atoms with E-state index in [1.54, 1.807) is 0 Å². The lowest BCUT2D eigenvalue weighted by molar-refractivity contribution is 0.600. The molecule has 0 saturated carbocycles. The fourth-order valence-corrected chi connectivity index (χ4v) is 5.10. The SMILES string of the molecule is CN(c1nc(Nc2ccccc2)cc(-c2ccccc2)n1)C1CCS(=O)(=O)C1. The average molecular weight is 395 g/mol. The van der Waals surface area contributed by atoms with Crippen molar-refractivity contribution in [3.63, 3.8) is 0 Å². The Bertz CT molecular complexity index is 1060. The van der Waals surface area contributed by atoms with Gasteiger partial charge in [0.1, 0.15) is 5.82 Å². The van der Waals surface area contributed by atoms with Crippen LogP contribution in [0.5, 0.6) is 0 Å². The van der Waals surface area contributed by atoms with Gasteiger partial charge in [0, 0.05) is 30.4 Å². The fraction of sp³-hybridized carbons (Fsp3) is 0.238. The van der Waals surface area contributed by atoms with Crippen LogP contribution >= 0.6 is 0 Å². The molecule has 1 aromatic heterocycles. The molecule has 1 unspecified atom stereocenters. The summed E-state index contributed by atoms with van der Waals surface area (Å²) in [6.45, 7) is 0. The van der Waals surface area contributed by atoms with Crippen LogP contribution in [0.3, 0.4) is 0 Å². The van der Waals surface area contributed by atoms with Gasteiger partial charge in [0.25, 0.3) is 0 Å². The van der Waals surface area contributed by atoms with Crippen LogP contribution in [0, 0.1) is 0 Å². The molecule has 28 heavy (non-hydrogen) atoms. The fourth-order valence-electron chi connectivity index (χ4n) is 3.33. The Balaban J connectivity index is 1.71. The largest absolute Gasteiger partial charge is 0.340 e. The maximum atomic E-state index is 11.9. The molecule has 0 aliphatic carbocycles. The molecule has 2 aromatic carbocycles. The van der Waals surface area contributed by atoms with Crippen molar-refractivity contribution in [2.24, 2.45) is 0 Å². The van der Waals surface area contributed by atoms with Crippen molar-refractivity contribution in [1.29, 1.82) is 0 Å². The lowest BCUT2D eigenvalue weighted by Gasteiger charge is -2.24. The Morgan fingerprint density at radius 2 is 1.68 bits per heavy atom. The highest BCUT2D eigenvalue weighted by atomic mass is 32.2. The molecule has 0 bridgehead atoms. The Hall–Kier alpha value is -2.93. The predicted molar refractivity (Wildman–Crippen MR) is 113 cm³/mol. The summed E-state index contributed by atoms with van der Waals surface area (Å²) in [4.78, 5) is 11.3. The van der Waals surface area contributed by atoms with Crippen molar-refractivity contribution in [2.45, 2.75) is 12.5 Å². The van der Waals surface area contributed by atoms with Gasteiger partial charge < -0.3 is 10.2 Å². The molecule has 144 valence electrons. The normalized spacial score (nSPS) is 18.0. The van der Waals surface area contributed by atoms with Gasteiger partial charge in [-0.2, -0.15) is 4.98 Å². The molecule has 1 atom stereocenters. The lowest BCUT2D eigenvalue weighted by Crippen LogP contribution is -2.34. The molecular formula is C21H22N4O2S. The number of sulfone groups is 1. The van der Waals surface area contributed by atoms with Gasteiger partial charge in [-0.05, 0) is 18.6 Å². The first kappa shape index (κ1) is 18.4. The molecule has 1 N–H and O–H groups in total. The van der Waals surface area contributed by atoms with Crippen molar-refractivity contribution in [1.82, 2.24) is 9.97 Å². The number of aromatic nitrogens is 2. The van der Waals surface area contributed by atoms with Crippen molar-refractivity contribution in [3.05, 3.63) is 66.7 Å². The zero-order valence-corrected chi connectivity index (χ0v) is 16.4. The summed E-state index contributed by atoms with van der Waals surface area (Å²) in [6, 6.07) is 21.5. The van der Waals surface area contributed by atoms with E-state index >= 15 is 0 Å². The summed E-state index contributed by atoms with van der Waals surface area (Å²) >= 11 is 0. The van der Waals surface area contributed by atoms with Gasteiger partial charge in [0.15, 0.2) is 9.84 Å². The topological polar surface area (TPSA) is 75.2 Å². The van der Waals surface area contributed by atoms with Crippen LogP contribution in [0.15, 0.2) is 66.7 Å². The maximum absolute atomic E-state index is 11.9. The van der Waals surface area contributed by atoms with E-state index in [4.69, 9.17) is 4.98 Å². The molecule has 1 aliphatic heterocycles. The smallest absolute Gasteiger partial charge is 0.227 e. The molecule has 1 fully saturated rings. The van der Waals surface area contributed by atoms with Crippen molar-refractivity contribution in [2.75, 3.05) is 28.8 Å². The molecule has 3 aromatic rings. The Labute approximate surface area is 165 Å². The molecule has 1 aliphatic rings. The van der Waals surface area contributed by atoms with E-state index in [-0.39, 0.29) is 17.5 Å². The van der Waals surface area contributed by atoms with E-state index in [1.807, 2.05) is 78.7 Å². The summed E-state index contributed by atoms with van der Waals surface area (Å²) in [5.41, 5.74) is 2.70. The van der Waals surface area contributed by atoms with Crippen LogP contribution in [0.4, 0.5) is 17.5 Å². The summed E-state index contributed by atoms with van der Waals surface area (Å²) in [5.74, 6) is 1.55. The summed E-state index contributed by atoms with van der Waals surface area (Å²) in [5, 5.41) is 3.32. The quantitative estimate of drug-likeness (QED) is 0.714. The lowest BCUT2D eigenvalue weighted by atomic mass is 10.1. The van der Waals surface area contributed by atoms with Crippen LogP contribution in [-0.4, -0.2) is 43.0 Å². The van der Waals surface area contributed by atoms with E-state index in [9.17, 15) is 8.42 Å². The highest BCUT2D eigenvalue weighted by Gasteiger charge is 2.32. The van der Waals surface area contributed by atoms with Crippen molar-refractivity contribution >= 4 is 27.3 Å². The molecule has 0 amide bonds. The third-order valence-corrected chi connectivity index (χ3v) is 6.65. The number of hydrogen-bond acceptors (Lipinski definition) is 6. The van der Waals surface area contributed by atoms with Crippen molar-refractivity contribution in [3.8, 4) is 11.3 Å². The second kappa shape index (κ2) is 7.59. The number of anilines is 3. The van der Waals surface area contributed by atoms with Crippen LogP contribution in [0.25, 0.3) is 11.3 Å². The maximum Gasteiger partial charge on any atom is 0.227 e. The van der Waals surface area contributed by atoms with Crippen LogP contribution in [0.1, 0.15) is 6.42 Å². The second-order valence-electron chi connectivity index (χ2n) is 6.96.